The van der Waals surface area contributed by atoms with Crippen molar-refractivity contribution < 1.29 is 14.4 Å². The van der Waals surface area contributed by atoms with E-state index in [1.165, 1.54) is 0 Å². The summed E-state index contributed by atoms with van der Waals surface area (Å²) in [7, 11) is 0. The van der Waals surface area contributed by atoms with Crippen LogP contribution in [0, 0.1) is 0 Å². The molecule has 24 heavy (non-hydrogen) atoms. The van der Waals surface area contributed by atoms with Crippen LogP contribution in [0.4, 0.5) is 4.79 Å². The summed E-state index contributed by atoms with van der Waals surface area (Å²) < 4.78 is 0. The van der Waals surface area contributed by atoms with E-state index in [1.807, 2.05) is 42.5 Å². The average molecular weight is 337 g/mol. The van der Waals surface area contributed by atoms with Crippen molar-refractivity contribution in [3.05, 3.63) is 77.4 Å². The highest BCUT2D eigenvalue weighted by Gasteiger charge is 2.31. The first kappa shape index (κ1) is 16.2. The smallest absolute Gasteiger partial charge is 0.286 e. The van der Waals surface area contributed by atoms with Crippen LogP contribution < -0.4 is 5.32 Å². The van der Waals surface area contributed by atoms with Crippen LogP contribution in [0.3, 0.4) is 0 Å². The van der Waals surface area contributed by atoms with Crippen LogP contribution in [-0.2, 0) is 11.2 Å². The third-order valence-corrected chi connectivity index (χ3v) is 4.63. The number of thioether (sulfide) groups is 1. The number of hydrogen-bond acceptors (Lipinski definition) is 4. The highest BCUT2D eigenvalue weighted by atomic mass is 32.2. The molecule has 1 aliphatic rings. The first-order valence-corrected chi connectivity index (χ1v) is 8.38. The fourth-order valence-electron chi connectivity index (χ4n) is 2.38. The van der Waals surface area contributed by atoms with Crippen molar-refractivity contribution in [2.24, 2.45) is 0 Å². The lowest BCUT2D eigenvalue weighted by molar-refractivity contribution is -0.118. The van der Waals surface area contributed by atoms with Crippen molar-refractivity contribution in [2.45, 2.75) is 11.7 Å². The van der Waals surface area contributed by atoms with Crippen LogP contribution in [-0.4, -0.2) is 22.2 Å². The normalized spacial score (nSPS) is 17.2. The molecule has 1 heterocycles. The Hall–Kier alpha value is -2.66. The Labute approximate surface area is 144 Å². The van der Waals surface area contributed by atoms with E-state index in [4.69, 9.17) is 0 Å². The summed E-state index contributed by atoms with van der Waals surface area (Å²) in [4.78, 5) is 34.9. The van der Waals surface area contributed by atoms with Crippen molar-refractivity contribution in [3.8, 4) is 0 Å². The first-order chi connectivity index (χ1) is 11.6. The molecule has 0 saturated carbocycles. The molecular formula is C19H15NO3S. The highest BCUT2D eigenvalue weighted by molar-refractivity contribution is 8.15. The minimum atomic E-state index is -0.392. The molecule has 0 bridgehead atoms. The van der Waals surface area contributed by atoms with Crippen LogP contribution in [0.15, 0.2) is 60.7 Å². The van der Waals surface area contributed by atoms with Gasteiger partial charge in [-0.25, -0.2) is 0 Å². The molecule has 2 amide bonds. The van der Waals surface area contributed by atoms with E-state index in [9.17, 15) is 14.4 Å². The maximum Gasteiger partial charge on any atom is 0.286 e. The summed E-state index contributed by atoms with van der Waals surface area (Å²) in [5.74, 6) is -0.329. The van der Waals surface area contributed by atoms with Gasteiger partial charge in [0.2, 0.25) is 5.91 Å². The molecule has 0 spiro atoms. The lowest BCUT2D eigenvalue weighted by atomic mass is 10.0. The van der Waals surface area contributed by atoms with Gasteiger partial charge in [0.15, 0.2) is 5.78 Å². The predicted octanol–water partition coefficient (Wildman–Crippen LogP) is 3.48. The number of rotatable bonds is 5. The quantitative estimate of drug-likeness (QED) is 0.670. The third kappa shape index (κ3) is 4.00. The first-order valence-electron chi connectivity index (χ1n) is 7.50. The lowest BCUT2D eigenvalue weighted by Gasteiger charge is -2.05. The van der Waals surface area contributed by atoms with Gasteiger partial charge in [-0.15, -0.1) is 0 Å². The Morgan fingerprint density at radius 1 is 1.04 bits per heavy atom. The number of amides is 2. The summed E-state index contributed by atoms with van der Waals surface area (Å²) in [5, 5.41) is 1.58. The van der Waals surface area contributed by atoms with Gasteiger partial charge < -0.3 is 0 Å². The van der Waals surface area contributed by atoms with Gasteiger partial charge in [-0.1, -0.05) is 72.4 Å². The van der Waals surface area contributed by atoms with Gasteiger partial charge in [-0.3, -0.25) is 19.7 Å². The second-order valence-corrected chi connectivity index (χ2v) is 6.57. The predicted molar refractivity (Wildman–Crippen MR) is 94.9 cm³/mol. The van der Waals surface area contributed by atoms with Gasteiger partial charge in [0.25, 0.3) is 5.24 Å². The van der Waals surface area contributed by atoms with E-state index in [0.717, 1.165) is 22.9 Å². The molecule has 5 heteroatoms. The van der Waals surface area contributed by atoms with E-state index >= 15 is 0 Å². The van der Waals surface area contributed by atoms with Gasteiger partial charge >= 0.3 is 0 Å². The molecule has 1 saturated heterocycles. The molecule has 1 aliphatic heterocycles. The maximum atomic E-state index is 12.2. The lowest BCUT2D eigenvalue weighted by Crippen LogP contribution is -2.25. The van der Waals surface area contributed by atoms with Gasteiger partial charge in [0.05, 0.1) is 5.25 Å². The van der Waals surface area contributed by atoms with Crippen molar-refractivity contribution in [2.75, 3.05) is 0 Å². The van der Waals surface area contributed by atoms with Crippen molar-refractivity contribution in [1.82, 2.24) is 5.32 Å². The van der Waals surface area contributed by atoms with Crippen LogP contribution in [0.25, 0.3) is 6.08 Å². The zero-order valence-electron chi connectivity index (χ0n) is 12.8. The minimum Gasteiger partial charge on any atom is -0.289 e. The zero-order chi connectivity index (χ0) is 16.9. The Kier molecular flexibility index (Phi) is 4.91. The van der Waals surface area contributed by atoms with Crippen LogP contribution in [0.1, 0.15) is 21.5 Å². The van der Waals surface area contributed by atoms with E-state index in [1.54, 1.807) is 24.3 Å². The Morgan fingerprint density at radius 3 is 2.38 bits per heavy atom. The molecule has 1 unspecified atom stereocenters. The Bertz CT molecular complexity index is 797. The fraction of sp³-hybridized carbons (Fsp3) is 0.105. The highest BCUT2D eigenvalue weighted by Crippen LogP contribution is 2.23. The molecule has 0 radical (unpaired) electrons. The fourth-order valence-corrected chi connectivity index (χ4v) is 3.24. The molecule has 2 aromatic rings. The van der Waals surface area contributed by atoms with Crippen molar-refractivity contribution >= 4 is 34.8 Å². The van der Waals surface area contributed by atoms with Gasteiger partial charge in [0.1, 0.15) is 0 Å². The van der Waals surface area contributed by atoms with E-state index in [-0.39, 0.29) is 16.9 Å². The molecule has 0 aromatic heterocycles. The molecule has 1 fully saturated rings. The number of ketones is 1. The standard InChI is InChI=1S/C19H15NO3S/c21-16(11-8-13-4-2-1-3-5-13)15-9-6-14(7-10-15)12-17-18(22)20-19(23)24-17/h1-11,17H,12H2,(H,20,22,23)/b11-8+. The molecule has 3 rings (SSSR count). The number of hydrogen-bond donors (Lipinski definition) is 1. The minimum absolute atomic E-state index is 0.0754. The van der Waals surface area contributed by atoms with E-state index < -0.39 is 5.25 Å². The van der Waals surface area contributed by atoms with E-state index in [2.05, 4.69) is 5.32 Å². The molecule has 1 atom stereocenters. The third-order valence-electron chi connectivity index (χ3n) is 3.65. The van der Waals surface area contributed by atoms with Gasteiger partial charge in [0, 0.05) is 5.56 Å². The SMILES string of the molecule is O=C1NC(=O)C(Cc2ccc(C(=O)/C=C/c3ccccc3)cc2)S1. The summed E-state index contributed by atoms with van der Waals surface area (Å²) in [6.07, 6.45) is 3.79. The Balaban J connectivity index is 1.64. The summed E-state index contributed by atoms with van der Waals surface area (Å²) >= 11 is 1.01. The van der Waals surface area contributed by atoms with Crippen LogP contribution in [0.2, 0.25) is 0 Å². The number of benzene rings is 2. The maximum absolute atomic E-state index is 12.2. The Morgan fingerprint density at radius 2 is 1.75 bits per heavy atom. The van der Waals surface area contributed by atoms with Crippen LogP contribution in [0.5, 0.6) is 0 Å². The molecule has 0 aliphatic carbocycles. The molecule has 2 aromatic carbocycles. The van der Waals surface area contributed by atoms with Crippen LogP contribution >= 0.6 is 11.8 Å². The second-order valence-electron chi connectivity index (χ2n) is 5.39. The molecule has 1 N–H and O–H groups in total. The number of nitrogens with one attached hydrogen (secondary N) is 1. The number of allylic oxidation sites excluding steroid dienone is 1. The second kappa shape index (κ2) is 7.27. The summed E-state index contributed by atoms with van der Waals surface area (Å²) in [6.45, 7) is 0. The molecular weight excluding hydrogens is 322 g/mol. The monoisotopic (exact) mass is 337 g/mol. The van der Waals surface area contributed by atoms with Crippen molar-refractivity contribution in [1.29, 1.82) is 0 Å². The van der Waals surface area contributed by atoms with E-state index in [0.29, 0.717) is 12.0 Å². The number of carbonyl (C=O) groups excluding carboxylic acids is 3. The van der Waals surface area contributed by atoms with Gasteiger partial charge in [-0.05, 0) is 23.6 Å². The van der Waals surface area contributed by atoms with Gasteiger partial charge in [-0.2, -0.15) is 0 Å². The summed E-state index contributed by atoms with van der Waals surface area (Å²) in [5.41, 5.74) is 2.47. The topological polar surface area (TPSA) is 63.2 Å². The largest absolute Gasteiger partial charge is 0.289 e. The molecule has 120 valence electrons. The number of imide groups is 1. The molecule has 4 nitrogen and oxygen atoms in total. The van der Waals surface area contributed by atoms with Crippen molar-refractivity contribution in [3.63, 3.8) is 0 Å². The number of carbonyl (C=O) groups is 3. The summed E-state index contributed by atoms with van der Waals surface area (Å²) in [6, 6.07) is 16.7. The average Bonchev–Trinajstić information content (AvgIpc) is 2.91. The zero-order valence-corrected chi connectivity index (χ0v) is 13.6.